The minimum Gasteiger partial charge on any atom is -0.309 e. The highest BCUT2D eigenvalue weighted by molar-refractivity contribution is 6.15. The minimum absolute atomic E-state index is 0.931. The highest BCUT2D eigenvalue weighted by atomic mass is 15.1. The molecular formula is C40H26N2. The quantitative estimate of drug-likeness (QED) is 0.223. The second-order valence-electron chi connectivity index (χ2n) is 11.2. The van der Waals surface area contributed by atoms with Gasteiger partial charge in [-0.2, -0.15) is 0 Å². The molecule has 6 aromatic carbocycles. The Labute approximate surface area is 245 Å². The average molecular weight is 535 g/mol. The molecule has 2 heteroatoms. The zero-order valence-electron chi connectivity index (χ0n) is 23.0. The Hall–Kier alpha value is -5.47. The predicted octanol–water partition coefficient (Wildman–Crippen LogP) is 10.6. The molecule has 0 saturated carbocycles. The summed E-state index contributed by atoms with van der Waals surface area (Å²) in [5.74, 6) is 0. The molecule has 0 radical (unpaired) electrons. The van der Waals surface area contributed by atoms with Crippen molar-refractivity contribution in [2.75, 3.05) is 4.90 Å². The Kier molecular flexibility index (Phi) is 4.99. The van der Waals surface area contributed by atoms with Gasteiger partial charge >= 0.3 is 0 Å². The number of nitrogens with zero attached hydrogens (tertiary/aromatic N) is 2. The van der Waals surface area contributed by atoms with Crippen LogP contribution in [-0.4, -0.2) is 4.98 Å². The van der Waals surface area contributed by atoms with Gasteiger partial charge in [0.1, 0.15) is 0 Å². The molecule has 0 bridgehead atoms. The maximum atomic E-state index is 4.48. The lowest BCUT2D eigenvalue weighted by Gasteiger charge is -2.27. The van der Waals surface area contributed by atoms with Gasteiger partial charge in [-0.1, -0.05) is 97.1 Å². The van der Waals surface area contributed by atoms with Crippen LogP contribution in [0.1, 0.15) is 11.1 Å². The van der Waals surface area contributed by atoms with Gasteiger partial charge in [0.15, 0.2) is 0 Å². The lowest BCUT2D eigenvalue weighted by atomic mass is 9.97. The molecule has 7 aromatic rings. The molecule has 2 aliphatic rings. The summed E-state index contributed by atoms with van der Waals surface area (Å²) in [6, 6.07) is 48.7. The van der Waals surface area contributed by atoms with Crippen molar-refractivity contribution in [1.29, 1.82) is 0 Å². The topological polar surface area (TPSA) is 16.1 Å². The number of aromatic nitrogens is 1. The first-order valence-corrected chi connectivity index (χ1v) is 14.5. The Morgan fingerprint density at radius 2 is 1.24 bits per heavy atom. The van der Waals surface area contributed by atoms with Crippen LogP contribution in [0.5, 0.6) is 0 Å². The summed E-state index contributed by atoms with van der Waals surface area (Å²) in [5, 5.41) is 2.67. The van der Waals surface area contributed by atoms with Crippen LogP contribution in [0.3, 0.4) is 0 Å². The SMILES string of the molecule is c1cncc(N(c2ccc(-c3ccc4c(c3)-c3cccc5cccc-4c35)cc2)c2cccc3c2Cc2ccccc2-3)c1. The van der Waals surface area contributed by atoms with Gasteiger partial charge in [0.2, 0.25) is 0 Å². The lowest BCUT2D eigenvalue weighted by Crippen LogP contribution is -2.12. The van der Waals surface area contributed by atoms with Crippen molar-refractivity contribution in [2.45, 2.75) is 6.42 Å². The van der Waals surface area contributed by atoms with Crippen molar-refractivity contribution in [2.24, 2.45) is 0 Å². The van der Waals surface area contributed by atoms with Crippen LogP contribution in [0, 0.1) is 0 Å². The monoisotopic (exact) mass is 534 g/mol. The second-order valence-corrected chi connectivity index (χ2v) is 11.2. The molecule has 0 aliphatic heterocycles. The maximum Gasteiger partial charge on any atom is 0.0645 e. The van der Waals surface area contributed by atoms with E-state index in [0.29, 0.717) is 0 Å². The molecule has 0 unspecified atom stereocenters. The lowest BCUT2D eigenvalue weighted by molar-refractivity contribution is 1.18. The maximum absolute atomic E-state index is 4.48. The normalized spacial score (nSPS) is 12.2. The Morgan fingerprint density at radius 3 is 2.07 bits per heavy atom. The average Bonchev–Trinajstić information content (AvgIpc) is 3.60. The van der Waals surface area contributed by atoms with Gasteiger partial charge in [0.25, 0.3) is 0 Å². The van der Waals surface area contributed by atoms with E-state index >= 15 is 0 Å². The van der Waals surface area contributed by atoms with Crippen LogP contribution in [0.15, 0.2) is 146 Å². The molecule has 1 heterocycles. The molecule has 0 saturated heterocycles. The Morgan fingerprint density at radius 1 is 0.500 bits per heavy atom. The Balaban J connectivity index is 1.13. The summed E-state index contributed by atoms with van der Waals surface area (Å²) >= 11 is 0. The molecule has 0 spiro atoms. The number of pyridine rings is 1. The summed E-state index contributed by atoms with van der Waals surface area (Å²) in [4.78, 5) is 6.83. The van der Waals surface area contributed by atoms with Crippen molar-refractivity contribution < 1.29 is 0 Å². The molecule has 9 rings (SSSR count). The van der Waals surface area contributed by atoms with Crippen LogP contribution in [0.2, 0.25) is 0 Å². The molecule has 2 nitrogen and oxygen atoms in total. The van der Waals surface area contributed by atoms with Crippen LogP contribution in [0.25, 0.3) is 55.3 Å². The third-order valence-electron chi connectivity index (χ3n) is 8.93. The van der Waals surface area contributed by atoms with E-state index in [0.717, 1.165) is 17.8 Å². The highest BCUT2D eigenvalue weighted by Gasteiger charge is 2.25. The largest absolute Gasteiger partial charge is 0.309 e. The number of fused-ring (bicyclic) bond motifs is 6. The number of benzene rings is 6. The molecule has 0 amide bonds. The third kappa shape index (κ3) is 3.42. The van der Waals surface area contributed by atoms with Gasteiger partial charge in [-0.05, 0) is 103 Å². The standard InChI is InChI=1S/C40H26N2/c1-2-11-32-29(7-1)24-38-33(32)12-5-15-39(38)42(31-10-6-22-41-25-31)30-19-16-26(17-20-30)28-18-21-34-35-13-3-8-27-9-4-14-36(40(27)35)37(34)23-28/h1-23,25H,24H2. The van der Waals surface area contributed by atoms with Crippen LogP contribution in [-0.2, 0) is 6.42 Å². The number of rotatable bonds is 4. The molecule has 0 N–H and O–H groups in total. The first kappa shape index (κ1) is 23.3. The Bertz CT molecular complexity index is 2160. The van der Waals surface area contributed by atoms with Gasteiger partial charge in [-0.3, -0.25) is 4.98 Å². The predicted molar refractivity (Wildman–Crippen MR) is 175 cm³/mol. The number of hydrogen-bond acceptors (Lipinski definition) is 2. The highest BCUT2D eigenvalue weighted by Crippen LogP contribution is 2.49. The van der Waals surface area contributed by atoms with Gasteiger partial charge < -0.3 is 4.90 Å². The van der Waals surface area contributed by atoms with Gasteiger partial charge in [-0.25, -0.2) is 0 Å². The number of hydrogen-bond donors (Lipinski definition) is 0. The minimum atomic E-state index is 0.931. The zero-order chi connectivity index (χ0) is 27.6. The van der Waals surface area contributed by atoms with Crippen molar-refractivity contribution in [3.63, 3.8) is 0 Å². The van der Waals surface area contributed by atoms with Gasteiger partial charge in [0, 0.05) is 18.3 Å². The molecule has 0 fully saturated rings. The summed E-state index contributed by atoms with van der Waals surface area (Å²) in [7, 11) is 0. The summed E-state index contributed by atoms with van der Waals surface area (Å²) in [6.45, 7) is 0. The first-order valence-electron chi connectivity index (χ1n) is 14.5. The van der Waals surface area contributed by atoms with Crippen molar-refractivity contribution in [1.82, 2.24) is 4.98 Å². The second kappa shape index (κ2) is 9.02. The van der Waals surface area contributed by atoms with Gasteiger partial charge in [-0.15, -0.1) is 0 Å². The van der Waals surface area contributed by atoms with Crippen molar-refractivity contribution in [3.8, 4) is 44.5 Å². The van der Waals surface area contributed by atoms with Crippen LogP contribution >= 0.6 is 0 Å². The smallest absolute Gasteiger partial charge is 0.0645 e. The zero-order valence-corrected chi connectivity index (χ0v) is 23.0. The summed E-state index contributed by atoms with van der Waals surface area (Å²) in [5.41, 5.74) is 16.5. The fourth-order valence-corrected chi connectivity index (χ4v) is 7.04. The fraction of sp³-hybridized carbons (Fsp3) is 0.0250. The van der Waals surface area contributed by atoms with E-state index < -0.39 is 0 Å². The van der Waals surface area contributed by atoms with E-state index in [1.54, 1.807) is 0 Å². The van der Waals surface area contributed by atoms with Crippen molar-refractivity contribution in [3.05, 3.63) is 157 Å². The summed E-state index contributed by atoms with van der Waals surface area (Å²) < 4.78 is 0. The molecule has 1 aromatic heterocycles. The molecule has 0 atom stereocenters. The van der Waals surface area contributed by atoms with Crippen molar-refractivity contribution >= 4 is 27.8 Å². The van der Waals surface area contributed by atoms with Crippen LogP contribution in [0.4, 0.5) is 17.1 Å². The van der Waals surface area contributed by atoms with E-state index in [4.69, 9.17) is 0 Å². The van der Waals surface area contributed by atoms with E-state index in [1.165, 1.54) is 72.1 Å². The summed E-state index contributed by atoms with van der Waals surface area (Å²) in [6.07, 6.45) is 4.72. The third-order valence-corrected chi connectivity index (χ3v) is 8.93. The van der Waals surface area contributed by atoms with E-state index in [-0.39, 0.29) is 0 Å². The van der Waals surface area contributed by atoms with Gasteiger partial charge in [0.05, 0.1) is 17.6 Å². The molecule has 196 valence electrons. The molecule has 42 heavy (non-hydrogen) atoms. The van der Waals surface area contributed by atoms with E-state index in [1.807, 2.05) is 18.5 Å². The number of anilines is 3. The van der Waals surface area contributed by atoms with Crippen LogP contribution < -0.4 is 4.90 Å². The van der Waals surface area contributed by atoms with E-state index in [2.05, 4.69) is 137 Å². The molecule has 2 aliphatic carbocycles. The van der Waals surface area contributed by atoms with E-state index in [9.17, 15) is 0 Å². The fourth-order valence-electron chi connectivity index (χ4n) is 7.04. The molecular weight excluding hydrogens is 508 g/mol. The first-order chi connectivity index (χ1) is 20.8.